The Kier molecular flexibility index (Phi) is 4.52. The minimum Gasteiger partial charge on any atom is -0.355 e. The highest BCUT2D eigenvalue weighted by molar-refractivity contribution is 6.04. The van der Waals surface area contributed by atoms with Crippen molar-refractivity contribution in [1.29, 1.82) is 0 Å². The third kappa shape index (κ3) is 3.25. The summed E-state index contributed by atoms with van der Waals surface area (Å²) in [7, 11) is 1.56. The van der Waals surface area contributed by atoms with Gasteiger partial charge in [0.05, 0.1) is 23.2 Å². The van der Waals surface area contributed by atoms with E-state index in [2.05, 4.69) is 15.6 Å². The Morgan fingerprint density at radius 2 is 1.79 bits per heavy atom. The quantitative estimate of drug-likeness (QED) is 0.777. The van der Waals surface area contributed by atoms with Crippen molar-refractivity contribution in [2.45, 2.75) is 6.42 Å². The fraction of sp³-hybridized carbons (Fsp3) is 0.105. The van der Waals surface area contributed by atoms with E-state index in [1.807, 2.05) is 30.3 Å². The van der Waals surface area contributed by atoms with Crippen LogP contribution in [0, 0.1) is 0 Å². The lowest BCUT2D eigenvalue weighted by Crippen LogP contribution is -2.22. The topological polar surface area (TPSA) is 71.1 Å². The molecule has 0 spiro atoms. The largest absolute Gasteiger partial charge is 0.355 e. The summed E-state index contributed by atoms with van der Waals surface area (Å²) in [5.41, 5.74) is 2.59. The maximum absolute atomic E-state index is 12.4. The molecule has 0 saturated heterocycles. The van der Waals surface area contributed by atoms with Crippen molar-refractivity contribution in [2.75, 3.05) is 12.4 Å². The number of carbonyl (C=O) groups excluding carboxylic acids is 2. The van der Waals surface area contributed by atoms with Crippen molar-refractivity contribution in [1.82, 2.24) is 10.3 Å². The van der Waals surface area contributed by atoms with E-state index in [9.17, 15) is 9.59 Å². The molecule has 0 radical (unpaired) electrons. The fourth-order valence-electron chi connectivity index (χ4n) is 2.60. The zero-order valence-electron chi connectivity index (χ0n) is 13.2. The molecule has 1 aromatic heterocycles. The first-order chi connectivity index (χ1) is 11.7. The molecule has 0 bridgehead atoms. The van der Waals surface area contributed by atoms with Crippen molar-refractivity contribution in [2.24, 2.45) is 0 Å². The predicted octanol–water partition coefficient (Wildman–Crippen LogP) is 2.78. The number of aromatic nitrogens is 1. The summed E-state index contributed by atoms with van der Waals surface area (Å²) in [5.74, 6) is -0.428. The third-order valence-electron chi connectivity index (χ3n) is 3.74. The summed E-state index contributed by atoms with van der Waals surface area (Å²) >= 11 is 0. The number of pyridine rings is 1. The average molecular weight is 319 g/mol. The lowest BCUT2D eigenvalue weighted by atomic mass is 10.1. The fourth-order valence-corrected chi connectivity index (χ4v) is 2.60. The number of para-hydroxylation sites is 2. The predicted molar refractivity (Wildman–Crippen MR) is 93.9 cm³/mol. The van der Waals surface area contributed by atoms with Crippen LogP contribution in [0.2, 0.25) is 0 Å². The molecule has 0 aliphatic rings. The number of carbonyl (C=O) groups is 2. The molecule has 0 unspecified atom stereocenters. The molecule has 3 aromatic rings. The summed E-state index contributed by atoms with van der Waals surface area (Å²) in [4.78, 5) is 28.7. The van der Waals surface area contributed by atoms with E-state index in [1.165, 1.54) is 0 Å². The van der Waals surface area contributed by atoms with Gasteiger partial charge in [-0.05, 0) is 23.8 Å². The Morgan fingerprint density at radius 3 is 2.62 bits per heavy atom. The zero-order chi connectivity index (χ0) is 16.9. The van der Waals surface area contributed by atoms with Gasteiger partial charge in [0, 0.05) is 18.6 Å². The first-order valence-corrected chi connectivity index (χ1v) is 7.62. The molecule has 5 heteroatoms. The normalized spacial score (nSPS) is 10.4. The molecule has 1 heterocycles. The van der Waals surface area contributed by atoms with Crippen LogP contribution < -0.4 is 10.6 Å². The minimum atomic E-state index is -0.238. The Bertz CT molecular complexity index is 901. The summed E-state index contributed by atoms with van der Waals surface area (Å²) in [6.07, 6.45) is 1.90. The van der Waals surface area contributed by atoms with Gasteiger partial charge in [0.25, 0.3) is 5.91 Å². The van der Waals surface area contributed by atoms with Crippen LogP contribution in [-0.4, -0.2) is 23.8 Å². The Hall–Kier alpha value is -3.21. The highest BCUT2D eigenvalue weighted by Gasteiger charge is 2.13. The van der Waals surface area contributed by atoms with E-state index in [1.54, 1.807) is 37.5 Å². The molecule has 2 aromatic carbocycles. The van der Waals surface area contributed by atoms with Gasteiger partial charge < -0.3 is 10.6 Å². The molecular weight excluding hydrogens is 302 g/mol. The van der Waals surface area contributed by atoms with Gasteiger partial charge in [-0.15, -0.1) is 0 Å². The molecule has 5 nitrogen and oxygen atoms in total. The van der Waals surface area contributed by atoms with Crippen molar-refractivity contribution in [3.8, 4) is 0 Å². The van der Waals surface area contributed by atoms with E-state index in [0.29, 0.717) is 11.3 Å². The zero-order valence-corrected chi connectivity index (χ0v) is 13.2. The van der Waals surface area contributed by atoms with E-state index >= 15 is 0 Å². The molecule has 0 aliphatic carbocycles. The van der Waals surface area contributed by atoms with Crippen LogP contribution in [-0.2, 0) is 11.2 Å². The van der Waals surface area contributed by atoms with Gasteiger partial charge in [0.1, 0.15) is 0 Å². The van der Waals surface area contributed by atoms with E-state index < -0.39 is 0 Å². The third-order valence-corrected chi connectivity index (χ3v) is 3.74. The second-order valence-corrected chi connectivity index (χ2v) is 5.34. The second-order valence-electron chi connectivity index (χ2n) is 5.34. The van der Waals surface area contributed by atoms with Crippen LogP contribution in [0.25, 0.3) is 10.9 Å². The summed E-state index contributed by atoms with van der Waals surface area (Å²) < 4.78 is 0. The lowest BCUT2D eigenvalue weighted by Gasteiger charge is -2.11. The van der Waals surface area contributed by atoms with Crippen LogP contribution >= 0.6 is 0 Å². The summed E-state index contributed by atoms with van der Waals surface area (Å²) in [6.45, 7) is 0. The van der Waals surface area contributed by atoms with Gasteiger partial charge in [-0.3, -0.25) is 14.6 Å². The first kappa shape index (κ1) is 15.7. The van der Waals surface area contributed by atoms with Gasteiger partial charge in [-0.2, -0.15) is 0 Å². The van der Waals surface area contributed by atoms with Crippen LogP contribution in [0.4, 0.5) is 5.69 Å². The number of nitrogens with one attached hydrogen (secondary N) is 2. The van der Waals surface area contributed by atoms with Crippen LogP contribution in [0.1, 0.15) is 15.9 Å². The number of fused-ring (bicyclic) bond motifs is 1. The molecule has 0 fully saturated rings. The Labute approximate surface area is 139 Å². The van der Waals surface area contributed by atoms with Crippen molar-refractivity contribution >= 4 is 28.4 Å². The smallest absolute Gasteiger partial charge is 0.253 e. The van der Waals surface area contributed by atoms with Crippen molar-refractivity contribution in [3.05, 3.63) is 71.9 Å². The number of rotatable bonds is 4. The number of anilines is 1. The van der Waals surface area contributed by atoms with E-state index in [-0.39, 0.29) is 18.2 Å². The van der Waals surface area contributed by atoms with E-state index in [0.717, 1.165) is 16.5 Å². The number of nitrogens with zero attached hydrogens (tertiary/aromatic N) is 1. The molecule has 120 valence electrons. The maximum atomic E-state index is 12.4. The first-order valence-electron chi connectivity index (χ1n) is 7.62. The SMILES string of the molecule is CNC(=O)c1ccccc1NC(=O)Cc1cccc2cccnc12. The molecule has 0 aliphatic heterocycles. The minimum absolute atomic E-state index is 0.190. The number of amides is 2. The monoisotopic (exact) mass is 319 g/mol. The standard InChI is InChI=1S/C19H17N3O2/c1-20-19(24)15-9-2-3-10-16(15)22-17(23)12-14-7-4-6-13-8-5-11-21-18(13)14/h2-11H,12H2,1H3,(H,20,24)(H,22,23). The highest BCUT2D eigenvalue weighted by atomic mass is 16.2. The average Bonchev–Trinajstić information content (AvgIpc) is 2.62. The second kappa shape index (κ2) is 6.91. The van der Waals surface area contributed by atoms with Gasteiger partial charge in [0.2, 0.25) is 5.91 Å². The Balaban J connectivity index is 1.83. The van der Waals surface area contributed by atoms with Gasteiger partial charge in [-0.1, -0.05) is 36.4 Å². The molecule has 2 N–H and O–H groups in total. The number of benzene rings is 2. The molecule has 2 amide bonds. The van der Waals surface area contributed by atoms with Crippen LogP contribution in [0.15, 0.2) is 60.8 Å². The van der Waals surface area contributed by atoms with Gasteiger partial charge in [0.15, 0.2) is 0 Å². The number of hydrogen-bond donors (Lipinski definition) is 2. The van der Waals surface area contributed by atoms with Gasteiger partial charge in [-0.25, -0.2) is 0 Å². The van der Waals surface area contributed by atoms with Crippen molar-refractivity contribution in [3.63, 3.8) is 0 Å². The van der Waals surface area contributed by atoms with Gasteiger partial charge >= 0.3 is 0 Å². The van der Waals surface area contributed by atoms with Crippen molar-refractivity contribution < 1.29 is 9.59 Å². The lowest BCUT2D eigenvalue weighted by molar-refractivity contribution is -0.115. The summed E-state index contributed by atoms with van der Waals surface area (Å²) in [5, 5.41) is 6.37. The highest BCUT2D eigenvalue weighted by Crippen LogP contribution is 2.18. The number of hydrogen-bond acceptors (Lipinski definition) is 3. The maximum Gasteiger partial charge on any atom is 0.253 e. The summed E-state index contributed by atoms with van der Waals surface area (Å²) in [6, 6.07) is 16.5. The molecule has 0 atom stereocenters. The van der Waals surface area contributed by atoms with Crippen LogP contribution in [0.3, 0.4) is 0 Å². The Morgan fingerprint density at radius 1 is 1.00 bits per heavy atom. The molecule has 24 heavy (non-hydrogen) atoms. The van der Waals surface area contributed by atoms with E-state index in [4.69, 9.17) is 0 Å². The molecular formula is C19H17N3O2. The molecule has 0 saturated carbocycles. The van der Waals surface area contributed by atoms with Crippen LogP contribution in [0.5, 0.6) is 0 Å². The molecule has 3 rings (SSSR count).